The Morgan fingerprint density at radius 2 is 2.36 bits per heavy atom. The zero-order chi connectivity index (χ0) is 8.27. The summed E-state index contributed by atoms with van der Waals surface area (Å²) in [5.41, 5.74) is 5.96. The molecule has 4 heteroatoms. The van der Waals surface area contributed by atoms with E-state index in [1.54, 1.807) is 6.07 Å². The van der Waals surface area contributed by atoms with Gasteiger partial charge >= 0.3 is 0 Å². The summed E-state index contributed by atoms with van der Waals surface area (Å²) in [5, 5.41) is 17.9. The Balaban J connectivity index is 2.62. The first-order chi connectivity index (χ1) is 5.25. The van der Waals surface area contributed by atoms with Gasteiger partial charge in [0.2, 0.25) is 0 Å². The van der Waals surface area contributed by atoms with Crippen LogP contribution in [-0.4, -0.2) is 22.9 Å². The maximum atomic E-state index is 9.33. The highest BCUT2D eigenvalue weighted by atomic mass is 16.3. The van der Waals surface area contributed by atoms with Gasteiger partial charge in [0.05, 0.1) is 31.3 Å². The molecule has 0 spiro atoms. The normalized spacial score (nSPS) is 16.3. The zero-order valence-electron chi connectivity index (χ0n) is 5.97. The quantitative estimate of drug-likeness (QED) is 0.559. The molecule has 1 aromatic rings. The summed E-state index contributed by atoms with van der Waals surface area (Å²) < 4.78 is 4.73. The van der Waals surface area contributed by atoms with E-state index in [4.69, 9.17) is 15.3 Å². The molecule has 0 aliphatic rings. The van der Waals surface area contributed by atoms with Gasteiger partial charge in [0, 0.05) is 5.56 Å². The maximum Gasteiger partial charge on any atom is 0.0994 e. The molecule has 11 heavy (non-hydrogen) atoms. The summed E-state index contributed by atoms with van der Waals surface area (Å²) in [6, 6.07) is 0.966. The largest absolute Gasteiger partial charge is 0.472 e. The number of aliphatic hydroxyl groups is 2. The van der Waals surface area contributed by atoms with E-state index >= 15 is 0 Å². The second-order valence-corrected chi connectivity index (χ2v) is 2.35. The molecule has 0 aliphatic carbocycles. The van der Waals surface area contributed by atoms with E-state index < -0.39 is 12.1 Å². The summed E-state index contributed by atoms with van der Waals surface area (Å²) >= 11 is 0. The minimum absolute atomic E-state index is 0.244. The van der Waals surface area contributed by atoms with Crippen LogP contribution in [0.15, 0.2) is 23.0 Å². The molecule has 0 saturated heterocycles. The second kappa shape index (κ2) is 3.52. The van der Waals surface area contributed by atoms with Gasteiger partial charge in [0.1, 0.15) is 0 Å². The highest BCUT2D eigenvalue weighted by Gasteiger charge is 2.16. The van der Waals surface area contributed by atoms with Crippen molar-refractivity contribution < 1.29 is 14.6 Å². The Morgan fingerprint density at radius 3 is 2.82 bits per heavy atom. The van der Waals surface area contributed by atoms with Gasteiger partial charge in [-0.2, -0.15) is 0 Å². The van der Waals surface area contributed by atoms with Crippen molar-refractivity contribution in [3.8, 4) is 0 Å². The number of rotatable bonds is 3. The first-order valence-corrected chi connectivity index (χ1v) is 3.32. The molecule has 2 unspecified atom stereocenters. The average Bonchev–Trinajstić information content (AvgIpc) is 2.53. The molecular formula is C7H11NO3. The Kier molecular flexibility index (Phi) is 2.64. The third kappa shape index (κ3) is 1.80. The van der Waals surface area contributed by atoms with E-state index in [1.807, 2.05) is 0 Å². The van der Waals surface area contributed by atoms with Gasteiger partial charge in [-0.3, -0.25) is 0 Å². The van der Waals surface area contributed by atoms with Gasteiger partial charge in [-0.05, 0) is 6.07 Å². The first-order valence-electron chi connectivity index (χ1n) is 3.32. The molecule has 0 amide bonds. The molecule has 4 nitrogen and oxygen atoms in total. The number of aliphatic hydroxyl groups excluding tert-OH is 2. The lowest BCUT2D eigenvalue weighted by Gasteiger charge is -2.13. The molecule has 1 aromatic heterocycles. The van der Waals surface area contributed by atoms with Gasteiger partial charge in [-0.25, -0.2) is 0 Å². The zero-order valence-corrected chi connectivity index (χ0v) is 5.97. The molecule has 62 valence electrons. The minimum Gasteiger partial charge on any atom is -0.472 e. The standard InChI is InChI=1S/C7H11NO3/c8-6(3-9)7(10)5-1-2-11-4-5/h1-2,4,6-7,9-10H,3,8H2. The van der Waals surface area contributed by atoms with Crippen molar-refractivity contribution in [3.63, 3.8) is 0 Å². The summed E-state index contributed by atoms with van der Waals surface area (Å²) in [6.45, 7) is -0.244. The summed E-state index contributed by atoms with van der Waals surface area (Å²) in [7, 11) is 0. The molecule has 0 aliphatic heterocycles. The van der Waals surface area contributed by atoms with Crippen molar-refractivity contribution in [1.29, 1.82) is 0 Å². The maximum absolute atomic E-state index is 9.33. The van der Waals surface area contributed by atoms with Crippen molar-refractivity contribution in [3.05, 3.63) is 24.2 Å². The number of nitrogens with two attached hydrogens (primary N) is 1. The number of hydrogen-bond acceptors (Lipinski definition) is 4. The summed E-state index contributed by atoms with van der Waals surface area (Å²) in [6.07, 6.45) is 2.00. The SMILES string of the molecule is NC(CO)C(O)c1ccoc1. The molecular weight excluding hydrogens is 146 g/mol. The molecule has 0 radical (unpaired) electrons. The summed E-state index contributed by atoms with van der Waals surface area (Å²) in [5.74, 6) is 0. The number of furan rings is 1. The van der Waals surface area contributed by atoms with Gasteiger partial charge in [0.15, 0.2) is 0 Å². The summed E-state index contributed by atoms with van der Waals surface area (Å²) in [4.78, 5) is 0. The molecule has 0 fully saturated rings. The van der Waals surface area contributed by atoms with Crippen LogP contribution < -0.4 is 5.73 Å². The smallest absolute Gasteiger partial charge is 0.0994 e. The van der Waals surface area contributed by atoms with E-state index in [0.29, 0.717) is 5.56 Å². The second-order valence-electron chi connectivity index (χ2n) is 2.35. The van der Waals surface area contributed by atoms with E-state index in [9.17, 15) is 5.11 Å². The fourth-order valence-corrected chi connectivity index (χ4v) is 0.790. The van der Waals surface area contributed by atoms with Gasteiger partial charge < -0.3 is 20.4 Å². The highest BCUT2D eigenvalue weighted by Crippen LogP contribution is 2.14. The van der Waals surface area contributed by atoms with Crippen LogP contribution >= 0.6 is 0 Å². The lowest BCUT2D eigenvalue weighted by molar-refractivity contribution is 0.109. The van der Waals surface area contributed by atoms with Crippen LogP contribution in [0.1, 0.15) is 11.7 Å². The predicted octanol–water partition coefficient (Wildman–Crippen LogP) is -0.367. The Morgan fingerprint density at radius 1 is 1.64 bits per heavy atom. The van der Waals surface area contributed by atoms with E-state index in [0.717, 1.165) is 0 Å². The molecule has 2 atom stereocenters. The van der Waals surface area contributed by atoms with Crippen LogP contribution in [0.3, 0.4) is 0 Å². The third-order valence-electron chi connectivity index (χ3n) is 1.50. The Hall–Kier alpha value is -0.840. The van der Waals surface area contributed by atoms with Crippen LogP contribution in [-0.2, 0) is 0 Å². The van der Waals surface area contributed by atoms with Gasteiger partial charge in [0.25, 0.3) is 0 Å². The minimum atomic E-state index is -0.848. The molecule has 0 bridgehead atoms. The van der Waals surface area contributed by atoms with Crippen LogP contribution in [0.4, 0.5) is 0 Å². The molecule has 0 aromatic carbocycles. The van der Waals surface area contributed by atoms with Crippen LogP contribution in [0.25, 0.3) is 0 Å². The van der Waals surface area contributed by atoms with Crippen molar-refractivity contribution in [2.45, 2.75) is 12.1 Å². The topological polar surface area (TPSA) is 79.6 Å². The van der Waals surface area contributed by atoms with Gasteiger partial charge in [-0.1, -0.05) is 0 Å². The average molecular weight is 157 g/mol. The fourth-order valence-electron chi connectivity index (χ4n) is 0.790. The highest BCUT2D eigenvalue weighted by molar-refractivity contribution is 5.11. The van der Waals surface area contributed by atoms with E-state index in [2.05, 4.69) is 0 Å². The van der Waals surface area contributed by atoms with Crippen molar-refractivity contribution in [2.75, 3.05) is 6.61 Å². The fraction of sp³-hybridized carbons (Fsp3) is 0.429. The Labute approximate surface area is 64.2 Å². The van der Waals surface area contributed by atoms with Crippen molar-refractivity contribution in [1.82, 2.24) is 0 Å². The van der Waals surface area contributed by atoms with E-state index in [1.165, 1.54) is 12.5 Å². The molecule has 0 saturated carbocycles. The molecule has 1 heterocycles. The Bertz CT molecular complexity index is 197. The van der Waals surface area contributed by atoms with Crippen molar-refractivity contribution in [2.24, 2.45) is 5.73 Å². The lowest BCUT2D eigenvalue weighted by atomic mass is 10.1. The monoisotopic (exact) mass is 157 g/mol. The van der Waals surface area contributed by atoms with Crippen molar-refractivity contribution >= 4 is 0 Å². The molecule has 4 N–H and O–H groups in total. The first kappa shape index (κ1) is 8.26. The lowest BCUT2D eigenvalue weighted by Crippen LogP contribution is -2.31. The predicted molar refractivity (Wildman–Crippen MR) is 38.7 cm³/mol. The molecule has 1 rings (SSSR count). The van der Waals surface area contributed by atoms with E-state index in [-0.39, 0.29) is 6.61 Å². The van der Waals surface area contributed by atoms with Crippen LogP contribution in [0.2, 0.25) is 0 Å². The van der Waals surface area contributed by atoms with Crippen LogP contribution in [0.5, 0.6) is 0 Å². The van der Waals surface area contributed by atoms with Gasteiger partial charge in [-0.15, -0.1) is 0 Å². The van der Waals surface area contributed by atoms with Crippen LogP contribution in [0, 0.1) is 0 Å². The number of hydrogen-bond donors (Lipinski definition) is 3. The third-order valence-corrected chi connectivity index (χ3v) is 1.50.